The lowest BCUT2D eigenvalue weighted by Gasteiger charge is -2.15. The van der Waals surface area contributed by atoms with E-state index in [1.54, 1.807) is 61.8 Å². The number of hydrazine groups is 1. The van der Waals surface area contributed by atoms with Gasteiger partial charge in [-0.3, -0.25) is 10.8 Å². The van der Waals surface area contributed by atoms with E-state index in [4.69, 9.17) is 15.1 Å². The number of halogens is 1. The Morgan fingerprint density at radius 1 is 1.00 bits per heavy atom. The Hall–Kier alpha value is -4.24. The molecule has 0 unspecified atom stereocenters. The minimum atomic E-state index is -0.434. The van der Waals surface area contributed by atoms with E-state index in [0.717, 1.165) is 5.56 Å². The monoisotopic (exact) mass is 418 g/mol. The summed E-state index contributed by atoms with van der Waals surface area (Å²) in [7, 11) is 1.59. The van der Waals surface area contributed by atoms with Crippen LogP contribution >= 0.6 is 0 Å². The van der Waals surface area contributed by atoms with Crippen LogP contribution in [0.25, 0.3) is 22.8 Å². The molecule has 0 fully saturated rings. The predicted octanol–water partition coefficient (Wildman–Crippen LogP) is 3.68. The number of hydrogen-bond donors (Lipinski definition) is 3. The third-order valence-corrected chi connectivity index (χ3v) is 4.44. The van der Waals surface area contributed by atoms with Gasteiger partial charge in [-0.25, -0.2) is 4.39 Å². The van der Waals surface area contributed by atoms with Gasteiger partial charge < -0.3 is 20.0 Å². The third kappa shape index (κ3) is 4.36. The molecule has 0 amide bonds. The molecule has 2 heterocycles. The minimum Gasteiger partial charge on any atom is -0.497 e. The molecule has 0 bridgehead atoms. The molecule has 0 saturated heterocycles. The molecule has 4 rings (SSSR count). The van der Waals surface area contributed by atoms with Crippen LogP contribution in [0.3, 0.4) is 0 Å². The van der Waals surface area contributed by atoms with E-state index in [1.165, 1.54) is 6.07 Å². The van der Waals surface area contributed by atoms with E-state index in [0.29, 0.717) is 23.0 Å². The fourth-order valence-corrected chi connectivity index (χ4v) is 2.89. The second kappa shape index (κ2) is 9.06. The number of nitrogens with one attached hydrogen (secondary N) is 2. The fraction of sp³-hybridized carbons (Fsp3) is 0.0455. The number of para-hydroxylation sites is 1. The number of methoxy groups -OCH3 is 1. The Bertz CT molecular complexity index is 1190. The van der Waals surface area contributed by atoms with Crippen molar-refractivity contribution in [3.63, 3.8) is 0 Å². The van der Waals surface area contributed by atoms with Gasteiger partial charge in [-0.1, -0.05) is 23.4 Å². The van der Waals surface area contributed by atoms with Gasteiger partial charge in [0.15, 0.2) is 0 Å². The normalized spacial score (nSPS) is 11.6. The smallest absolute Gasteiger partial charge is 0.277 e. The molecule has 4 aromatic rings. The zero-order valence-electron chi connectivity index (χ0n) is 16.5. The number of nitrogens with zero attached hydrogens (tertiary/aromatic N) is 3. The summed E-state index contributed by atoms with van der Waals surface area (Å²) in [6, 6.07) is 18.8. The second-order valence-electron chi connectivity index (χ2n) is 6.37. The number of rotatable bonds is 7. The molecule has 0 aliphatic heterocycles. The minimum absolute atomic E-state index is 0.109. The highest BCUT2D eigenvalue weighted by atomic mass is 19.1. The van der Waals surface area contributed by atoms with E-state index in [1.807, 2.05) is 12.1 Å². The van der Waals surface area contributed by atoms with Gasteiger partial charge >= 0.3 is 0 Å². The van der Waals surface area contributed by atoms with Crippen LogP contribution in [0.1, 0.15) is 11.6 Å². The van der Waals surface area contributed by atoms with Gasteiger partial charge in [-0.05, 0) is 48.5 Å². The Balaban J connectivity index is 1.78. The van der Waals surface area contributed by atoms with Crippen molar-refractivity contribution in [3.8, 4) is 17.1 Å². The zero-order chi connectivity index (χ0) is 21.6. The molecule has 0 aliphatic carbocycles. The third-order valence-electron chi connectivity index (χ3n) is 4.44. The van der Waals surface area contributed by atoms with Crippen LogP contribution in [0.5, 0.6) is 5.75 Å². The van der Waals surface area contributed by atoms with Crippen molar-refractivity contribution in [3.05, 3.63) is 90.3 Å². The molecule has 0 spiro atoms. The van der Waals surface area contributed by atoms with Gasteiger partial charge in [0.25, 0.3) is 5.89 Å². The van der Waals surface area contributed by atoms with Gasteiger partial charge in [0, 0.05) is 11.8 Å². The summed E-state index contributed by atoms with van der Waals surface area (Å²) in [5.74, 6) is 6.55. The quantitative estimate of drug-likeness (QED) is 0.308. The van der Waals surface area contributed by atoms with Crippen molar-refractivity contribution in [2.45, 2.75) is 0 Å². The highest BCUT2D eigenvalue weighted by molar-refractivity contribution is 5.92. The van der Waals surface area contributed by atoms with Crippen LogP contribution in [0.2, 0.25) is 0 Å². The molecular weight excluding hydrogens is 399 g/mol. The molecule has 0 saturated carbocycles. The largest absolute Gasteiger partial charge is 0.497 e. The molecule has 2 aromatic carbocycles. The summed E-state index contributed by atoms with van der Waals surface area (Å²) in [5.41, 5.74) is 4.68. The number of benzene rings is 2. The van der Waals surface area contributed by atoms with Gasteiger partial charge in [-0.2, -0.15) is 4.98 Å². The summed E-state index contributed by atoms with van der Waals surface area (Å²) < 4.78 is 24.9. The van der Waals surface area contributed by atoms with Crippen LogP contribution in [-0.2, 0) is 0 Å². The maximum absolute atomic E-state index is 14.3. The molecular formula is C22H19FN6O2. The topological polar surface area (TPSA) is 111 Å². The molecule has 0 aliphatic rings. The summed E-state index contributed by atoms with van der Waals surface area (Å²) in [6.45, 7) is 0. The fourth-order valence-electron chi connectivity index (χ4n) is 2.89. The average molecular weight is 418 g/mol. The standard InChI is InChI=1S/C22H19FN6O2/c1-30-15-11-9-14(10-12-15)21-27-22(31-29-21)20(28-24)19(18-8-4-5-13-25-18)26-17-7-3-2-6-16(17)23/h2-13,26,28H,24H2,1H3/b20-19-. The number of pyridine rings is 1. The average Bonchev–Trinajstić information content (AvgIpc) is 3.31. The van der Waals surface area contributed by atoms with Crippen molar-refractivity contribution in [2.24, 2.45) is 5.84 Å². The number of hydrogen-bond acceptors (Lipinski definition) is 8. The van der Waals surface area contributed by atoms with E-state index >= 15 is 0 Å². The van der Waals surface area contributed by atoms with Crippen LogP contribution in [-0.4, -0.2) is 22.2 Å². The van der Waals surface area contributed by atoms with Crippen LogP contribution in [0, 0.1) is 5.82 Å². The SMILES string of the molecule is COc1ccc(-c2noc(/C(NN)=C(/Nc3ccccc3F)c3ccccn3)n2)cc1. The van der Waals surface area contributed by atoms with Crippen molar-refractivity contribution in [2.75, 3.05) is 12.4 Å². The first kappa shape index (κ1) is 20.0. The lowest BCUT2D eigenvalue weighted by atomic mass is 10.2. The molecule has 0 atom stereocenters. The number of ether oxygens (including phenoxy) is 1. The summed E-state index contributed by atoms with van der Waals surface area (Å²) in [6.07, 6.45) is 1.61. The number of anilines is 1. The van der Waals surface area contributed by atoms with E-state index in [2.05, 4.69) is 25.9 Å². The van der Waals surface area contributed by atoms with Crippen molar-refractivity contribution in [1.82, 2.24) is 20.6 Å². The Kier molecular flexibility index (Phi) is 5.86. The first-order valence-corrected chi connectivity index (χ1v) is 9.32. The van der Waals surface area contributed by atoms with Crippen molar-refractivity contribution < 1.29 is 13.7 Å². The zero-order valence-corrected chi connectivity index (χ0v) is 16.5. The Morgan fingerprint density at radius 3 is 2.45 bits per heavy atom. The van der Waals surface area contributed by atoms with Gasteiger partial charge in [0.2, 0.25) is 5.82 Å². The molecule has 2 aromatic heterocycles. The van der Waals surface area contributed by atoms with E-state index in [-0.39, 0.29) is 17.3 Å². The van der Waals surface area contributed by atoms with Crippen LogP contribution in [0.4, 0.5) is 10.1 Å². The van der Waals surface area contributed by atoms with Gasteiger partial charge in [0.1, 0.15) is 17.3 Å². The Morgan fingerprint density at radius 2 is 1.77 bits per heavy atom. The Labute approximate surface area is 177 Å². The van der Waals surface area contributed by atoms with Crippen LogP contribution < -0.4 is 21.3 Å². The summed E-state index contributed by atoms with van der Waals surface area (Å²) in [4.78, 5) is 8.78. The van der Waals surface area contributed by atoms with Crippen molar-refractivity contribution in [1.29, 1.82) is 0 Å². The van der Waals surface area contributed by atoms with E-state index in [9.17, 15) is 4.39 Å². The lowest BCUT2D eigenvalue weighted by molar-refractivity contribution is 0.405. The maximum atomic E-state index is 14.3. The van der Waals surface area contributed by atoms with Gasteiger partial charge in [0.05, 0.1) is 24.2 Å². The van der Waals surface area contributed by atoms with Gasteiger partial charge in [-0.15, -0.1) is 0 Å². The number of aromatic nitrogens is 3. The highest BCUT2D eigenvalue weighted by Crippen LogP contribution is 2.27. The molecule has 156 valence electrons. The van der Waals surface area contributed by atoms with E-state index < -0.39 is 5.82 Å². The summed E-state index contributed by atoms with van der Waals surface area (Å²) in [5, 5.41) is 7.07. The first-order chi connectivity index (χ1) is 15.2. The molecule has 8 nitrogen and oxygen atoms in total. The highest BCUT2D eigenvalue weighted by Gasteiger charge is 2.20. The first-order valence-electron chi connectivity index (χ1n) is 9.32. The van der Waals surface area contributed by atoms with Crippen molar-refractivity contribution >= 4 is 17.1 Å². The number of nitrogens with two attached hydrogens (primary N) is 1. The van der Waals surface area contributed by atoms with Crippen LogP contribution in [0.15, 0.2) is 77.4 Å². The molecule has 0 radical (unpaired) electrons. The molecule has 4 N–H and O–H groups in total. The predicted molar refractivity (Wildman–Crippen MR) is 115 cm³/mol. The second-order valence-corrected chi connectivity index (χ2v) is 6.37. The summed E-state index contributed by atoms with van der Waals surface area (Å²) >= 11 is 0. The maximum Gasteiger partial charge on any atom is 0.277 e. The molecule has 31 heavy (non-hydrogen) atoms. The lowest BCUT2D eigenvalue weighted by Crippen LogP contribution is -2.23. The molecule has 9 heteroatoms.